The Morgan fingerprint density at radius 3 is 2.67 bits per heavy atom. The van der Waals surface area contributed by atoms with Crippen LogP contribution in [0.3, 0.4) is 0 Å². The van der Waals surface area contributed by atoms with Gasteiger partial charge in [-0.15, -0.1) is 11.3 Å². The van der Waals surface area contributed by atoms with Gasteiger partial charge in [0.15, 0.2) is 0 Å². The molecule has 3 rings (SSSR count). The highest BCUT2D eigenvalue weighted by atomic mass is 32.1. The lowest BCUT2D eigenvalue weighted by Crippen LogP contribution is -2.32. The van der Waals surface area contributed by atoms with Crippen molar-refractivity contribution in [3.8, 4) is 0 Å². The van der Waals surface area contributed by atoms with Gasteiger partial charge in [0.2, 0.25) is 5.91 Å². The summed E-state index contributed by atoms with van der Waals surface area (Å²) in [6.07, 6.45) is 4.01. The molecule has 1 amide bonds. The minimum Gasteiger partial charge on any atom is -0.347 e. The summed E-state index contributed by atoms with van der Waals surface area (Å²) in [5, 5.41) is 8.38. The Morgan fingerprint density at radius 1 is 1.25 bits per heavy atom. The first-order valence-corrected chi connectivity index (χ1v) is 8.68. The van der Waals surface area contributed by atoms with E-state index >= 15 is 0 Å². The summed E-state index contributed by atoms with van der Waals surface area (Å²) in [5.74, 6) is 0.00255. The summed E-state index contributed by atoms with van der Waals surface area (Å²) in [6.45, 7) is 4.51. The van der Waals surface area contributed by atoms with Crippen LogP contribution in [0.5, 0.6) is 0 Å². The van der Waals surface area contributed by atoms with Gasteiger partial charge < -0.3 is 5.32 Å². The molecule has 0 spiro atoms. The number of aryl methyl sites for hydroxylation is 2. The maximum atomic E-state index is 12.5. The van der Waals surface area contributed by atoms with E-state index in [1.165, 1.54) is 0 Å². The fourth-order valence-corrected chi connectivity index (χ4v) is 3.58. The van der Waals surface area contributed by atoms with E-state index in [1.54, 1.807) is 17.5 Å². The molecule has 2 aromatic heterocycles. The highest BCUT2D eigenvalue weighted by Crippen LogP contribution is 2.19. The molecule has 0 saturated carbocycles. The van der Waals surface area contributed by atoms with Gasteiger partial charge in [0.25, 0.3) is 0 Å². The van der Waals surface area contributed by atoms with E-state index in [-0.39, 0.29) is 11.9 Å². The van der Waals surface area contributed by atoms with Gasteiger partial charge >= 0.3 is 0 Å². The van der Waals surface area contributed by atoms with Crippen LogP contribution in [0.15, 0.2) is 48.8 Å². The SMILES string of the molecule is Cc1nc(C)c(CC(=O)N[C@H](Cn2cccn2)c2ccccc2)s1. The van der Waals surface area contributed by atoms with Crippen molar-refractivity contribution in [1.82, 2.24) is 20.1 Å². The number of hydrogen-bond acceptors (Lipinski definition) is 4. The highest BCUT2D eigenvalue weighted by Gasteiger charge is 2.17. The number of hydrogen-bond donors (Lipinski definition) is 1. The molecule has 3 aromatic rings. The van der Waals surface area contributed by atoms with E-state index in [0.29, 0.717) is 13.0 Å². The van der Waals surface area contributed by atoms with Crippen molar-refractivity contribution in [3.63, 3.8) is 0 Å². The summed E-state index contributed by atoms with van der Waals surface area (Å²) in [6, 6.07) is 11.7. The fourth-order valence-electron chi connectivity index (χ4n) is 2.64. The van der Waals surface area contributed by atoms with Crippen molar-refractivity contribution in [1.29, 1.82) is 0 Å². The monoisotopic (exact) mass is 340 g/mol. The molecular formula is C18H20N4OS. The summed E-state index contributed by atoms with van der Waals surface area (Å²) < 4.78 is 1.83. The number of benzene rings is 1. The van der Waals surface area contributed by atoms with Gasteiger partial charge in [0.1, 0.15) is 0 Å². The molecule has 0 aliphatic heterocycles. The Bertz CT molecular complexity index is 796. The molecule has 1 atom stereocenters. The molecule has 5 nitrogen and oxygen atoms in total. The van der Waals surface area contributed by atoms with Gasteiger partial charge in [0.05, 0.1) is 29.7 Å². The predicted octanol–water partition coefficient (Wildman–Crippen LogP) is 3.06. The first-order valence-electron chi connectivity index (χ1n) is 7.86. The molecule has 0 aliphatic rings. The maximum absolute atomic E-state index is 12.5. The summed E-state index contributed by atoms with van der Waals surface area (Å²) in [5.41, 5.74) is 2.01. The molecule has 1 N–H and O–H groups in total. The lowest BCUT2D eigenvalue weighted by molar-refractivity contribution is -0.121. The van der Waals surface area contributed by atoms with Gasteiger partial charge in [-0.3, -0.25) is 9.48 Å². The number of nitrogens with one attached hydrogen (secondary N) is 1. The van der Waals surface area contributed by atoms with E-state index in [9.17, 15) is 4.79 Å². The smallest absolute Gasteiger partial charge is 0.225 e. The number of thiazole rings is 1. The minimum absolute atomic E-state index is 0.00255. The van der Waals surface area contributed by atoms with Crippen molar-refractivity contribution in [2.45, 2.75) is 32.9 Å². The molecule has 2 heterocycles. The molecule has 0 saturated heterocycles. The number of carbonyl (C=O) groups is 1. The second-order valence-electron chi connectivity index (χ2n) is 5.68. The lowest BCUT2D eigenvalue weighted by Gasteiger charge is -2.19. The molecule has 24 heavy (non-hydrogen) atoms. The quantitative estimate of drug-likeness (QED) is 0.750. The van der Waals surface area contributed by atoms with Crippen LogP contribution in [0, 0.1) is 13.8 Å². The van der Waals surface area contributed by atoms with Gasteiger partial charge in [-0.2, -0.15) is 5.10 Å². The molecule has 0 unspecified atom stereocenters. The lowest BCUT2D eigenvalue weighted by atomic mass is 10.1. The normalized spacial score (nSPS) is 12.1. The second kappa shape index (κ2) is 7.40. The molecule has 6 heteroatoms. The van der Waals surface area contributed by atoms with Crippen molar-refractivity contribution in [3.05, 3.63) is 69.9 Å². The van der Waals surface area contributed by atoms with Crippen LogP contribution < -0.4 is 5.32 Å². The molecule has 0 radical (unpaired) electrons. The van der Waals surface area contributed by atoms with Crippen LogP contribution in [-0.2, 0) is 17.8 Å². The van der Waals surface area contributed by atoms with Crippen LogP contribution in [-0.4, -0.2) is 20.7 Å². The molecule has 0 fully saturated rings. The standard InChI is InChI=1S/C18H20N4OS/c1-13-17(24-14(2)20-13)11-18(23)21-16(12-22-10-6-9-19-22)15-7-4-3-5-8-15/h3-10,16H,11-12H2,1-2H3,(H,21,23)/t16-/m1/s1. The Hall–Kier alpha value is -2.47. The minimum atomic E-state index is -0.118. The van der Waals surface area contributed by atoms with Crippen molar-refractivity contribution >= 4 is 17.2 Å². The summed E-state index contributed by atoms with van der Waals surface area (Å²) >= 11 is 1.58. The third-order valence-corrected chi connectivity index (χ3v) is 4.86. The van der Waals surface area contributed by atoms with E-state index < -0.39 is 0 Å². The number of nitrogens with zero attached hydrogens (tertiary/aromatic N) is 3. The first-order chi connectivity index (χ1) is 11.6. The third kappa shape index (κ3) is 4.08. The van der Waals surface area contributed by atoms with Gasteiger partial charge in [-0.05, 0) is 25.5 Å². The largest absolute Gasteiger partial charge is 0.347 e. The van der Waals surface area contributed by atoms with Gasteiger partial charge in [-0.25, -0.2) is 4.98 Å². The zero-order valence-electron chi connectivity index (χ0n) is 13.8. The average Bonchev–Trinajstić information content (AvgIpc) is 3.17. The fraction of sp³-hybridized carbons (Fsp3) is 0.278. The Kier molecular flexibility index (Phi) is 5.05. The van der Waals surface area contributed by atoms with Crippen LogP contribution in [0.4, 0.5) is 0 Å². The number of amides is 1. The van der Waals surface area contributed by atoms with Gasteiger partial charge in [0, 0.05) is 17.3 Å². The van der Waals surface area contributed by atoms with Crippen molar-refractivity contribution in [2.75, 3.05) is 0 Å². The molecule has 0 bridgehead atoms. The molecule has 124 valence electrons. The maximum Gasteiger partial charge on any atom is 0.225 e. The molecule has 1 aromatic carbocycles. The van der Waals surface area contributed by atoms with Gasteiger partial charge in [-0.1, -0.05) is 30.3 Å². The van der Waals surface area contributed by atoms with E-state index in [0.717, 1.165) is 21.1 Å². The zero-order chi connectivity index (χ0) is 16.9. The highest BCUT2D eigenvalue weighted by molar-refractivity contribution is 7.11. The zero-order valence-corrected chi connectivity index (χ0v) is 14.6. The van der Waals surface area contributed by atoms with Crippen molar-refractivity contribution in [2.24, 2.45) is 0 Å². The first kappa shape index (κ1) is 16.4. The summed E-state index contributed by atoms with van der Waals surface area (Å²) in [7, 11) is 0. The Labute approximate surface area is 145 Å². The van der Waals surface area contributed by atoms with Crippen LogP contribution in [0.25, 0.3) is 0 Å². The molecule has 0 aliphatic carbocycles. The van der Waals surface area contributed by atoms with E-state index in [2.05, 4.69) is 15.4 Å². The van der Waals surface area contributed by atoms with Crippen LogP contribution >= 0.6 is 11.3 Å². The topological polar surface area (TPSA) is 59.8 Å². The van der Waals surface area contributed by atoms with Crippen LogP contribution in [0.1, 0.15) is 27.2 Å². The van der Waals surface area contributed by atoms with Crippen LogP contribution in [0.2, 0.25) is 0 Å². The third-order valence-electron chi connectivity index (χ3n) is 3.79. The Balaban J connectivity index is 1.73. The molecular weight excluding hydrogens is 320 g/mol. The summed E-state index contributed by atoms with van der Waals surface area (Å²) in [4.78, 5) is 17.9. The second-order valence-corrected chi connectivity index (χ2v) is 6.96. The average molecular weight is 340 g/mol. The predicted molar refractivity (Wildman–Crippen MR) is 94.8 cm³/mol. The van der Waals surface area contributed by atoms with E-state index in [4.69, 9.17) is 0 Å². The van der Waals surface area contributed by atoms with Crippen molar-refractivity contribution < 1.29 is 4.79 Å². The number of rotatable bonds is 6. The Morgan fingerprint density at radius 2 is 2.04 bits per heavy atom. The van der Waals surface area contributed by atoms with E-state index in [1.807, 2.05) is 61.1 Å². The number of aromatic nitrogens is 3. The number of carbonyl (C=O) groups excluding carboxylic acids is 1.